The van der Waals surface area contributed by atoms with Gasteiger partial charge >= 0.3 is 5.97 Å². The highest BCUT2D eigenvalue weighted by atomic mass is 16.5. The first-order chi connectivity index (χ1) is 17.8. The maximum absolute atomic E-state index is 12.7. The monoisotopic (exact) mass is 503 g/mol. The third-order valence-corrected chi connectivity index (χ3v) is 5.60. The molecule has 190 valence electrons. The van der Waals surface area contributed by atoms with Crippen LogP contribution in [0.2, 0.25) is 0 Å². The van der Waals surface area contributed by atoms with Crippen LogP contribution in [-0.4, -0.2) is 56.7 Å². The van der Waals surface area contributed by atoms with Crippen LogP contribution >= 0.6 is 0 Å². The topological polar surface area (TPSA) is 151 Å². The van der Waals surface area contributed by atoms with Gasteiger partial charge in [-0.3, -0.25) is 24.1 Å². The Morgan fingerprint density at radius 2 is 1.81 bits per heavy atom. The summed E-state index contributed by atoms with van der Waals surface area (Å²) in [5.41, 5.74) is 3.34. The van der Waals surface area contributed by atoms with Crippen molar-refractivity contribution in [2.75, 3.05) is 18.5 Å². The van der Waals surface area contributed by atoms with E-state index in [4.69, 9.17) is 4.74 Å². The van der Waals surface area contributed by atoms with Crippen molar-refractivity contribution in [3.63, 3.8) is 0 Å². The number of nitrogens with one attached hydrogen (secondary N) is 2. The van der Waals surface area contributed by atoms with Gasteiger partial charge in [-0.15, -0.1) is 0 Å². The van der Waals surface area contributed by atoms with E-state index in [1.54, 1.807) is 47.4 Å². The molecule has 0 fully saturated rings. The van der Waals surface area contributed by atoms with Crippen molar-refractivity contribution in [3.8, 4) is 5.75 Å². The molecule has 2 amide bonds. The Labute approximate surface area is 212 Å². The summed E-state index contributed by atoms with van der Waals surface area (Å²) in [5, 5.41) is 14.9. The molecular formula is C26H25N5O6. The van der Waals surface area contributed by atoms with E-state index >= 15 is 0 Å². The lowest BCUT2D eigenvalue weighted by molar-refractivity contribution is -0.138. The molecule has 2 aromatic carbocycles. The molecule has 0 aliphatic carbocycles. The van der Waals surface area contributed by atoms with Crippen molar-refractivity contribution in [2.45, 2.75) is 26.6 Å². The number of amides is 2. The molecule has 0 atom stereocenters. The van der Waals surface area contributed by atoms with Crippen molar-refractivity contribution in [1.82, 2.24) is 20.2 Å². The molecule has 0 bridgehead atoms. The molecule has 1 aliphatic rings. The van der Waals surface area contributed by atoms with Gasteiger partial charge in [0.15, 0.2) is 12.4 Å². The molecular weight excluding hydrogens is 478 g/mol. The summed E-state index contributed by atoms with van der Waals surface area (Å²) in [6, 6.07) is 13.7. The van der Waals surface area contributed by atoms with E-state index in [-0.39, 0.29) is 43.6 Å². The Hall–Kier alpha value is -4.64. The number of benzene rings is 2. The fourth-order valence-electron chi connectivity index (χ4n) is 3.81. The number of ketones is 1. The fraction of sp³-hybridized carbons (Fsp3) is 0.231. The standard InChI is InChI=1S/C26H25N5O6/c1-16(32)19-5-2-17(3-6-19)11-31(13-25(34)35)12-20-9-22(29-15-28-20)26(36)27-10-18-4-7-23-21(8-18)30-24(33)14-37-23/h2-9,15H,10-14H2,1H3,(H,27,36)(H,30,33)(H,34,35). The molecule has 37 heavy (non-hydrogen) atoms. The summed E-state index contributed by atoms with van der Waals surface area (Å²) in [5.74, 6) is -1.15. The van der Waals surface area contributed by atoms with E-state index in [9.17, 15) is 24.3 Å². The number of Topliss-reactive ketones (excluding diaryl/α,β-unsaturated/α-hetero) is 1. The second-order valence-corrected chi connectivity index (χ2v) is 8.54. The predicted molar refractivity (Wildman–Crippen MR) is 132 cm³/mol. The highest BCUT2D eigenvalue weighted by molar-refractivity contribution is 5.95. The number of carbonyl (C=O) groups excluding carboxylic acids is 3. The third-order valence-electron chi connectivity index (χ3n) is 5.60. The number of aromatic nitrogens is 2. The number of anilines is 1. The van der Waals surface area contributed by atoms with Crippen molar-refractivity contribution in [3.05, 3.63) is 82.9 Å². The highest BCUT2D eigenvalue weighted by Gasteiger charge is 2.17. The van der Waals surface area contributed by atoms with E-state index in [1.807, 2.05) is 0 Å². The SMILES string of the molecule is CC(=O)c1ccc(CN(CC(=O)O)Cc2cc(C(=O)NCc3ccc4c(c3)NC(=O)CO4)ncn2)cc1. The summed E-state index contributed by atoms with van der Waals surface area (Å²) in [6.45, 7) is 1.90. The maximum Gasteiger partial charge on any atom is 0.317 e. The fourth-order valence-corrected chi connectivity index (χ4v) is 3.81. The van der Waals surface area contributed by atoms with Crippen molar-refractivity contribution < 1.29 is 29.0 Å². The molecule has 3 N–H and O–H groups in total. The molecule has 0 saturated heterocycles. The number of hydrogen-bond donors (Lipinski definition) is 3. The number of rotatable bonds is 10. The van der Waals surface area contributed by atoms with Gasteiger partial charge < -0.3 is 20.5 Å². The van der Waals surface area contributed by atoms with Crippen LogP contribution in [0.5, 0.6) is 5.75 Å². The number of carboxylic acid groups (broad SMARTS) is 1. The van der Waals surface area contributed by atoms with Gasteiger partial charge in [0.1, 0.15) is 17.8 Å². The van der Waals surface area contributed by atoms with E-state index in [1.165, 1.54) is 19.3 Å². The zero-order valence-corrected chi connectivity index (χ0v) is 20.1. The molecule has 11 heteroatoms. The average Bonchev–Trinajstić information content (AvgIpc) is 2.87. The average molecular weight is 504 g/mol. The van der Waals surface area contributed by atoms with Crippen LogP contribution in [0, 0.1) is 0 Å². The van der Waals surface area contributed by atoms with Crippen molar-refractivity contribution in [2.24, 2.45) is 0 Å². The molecule has 4 rings (SSSR count). The Bertz CT molecular complexity index is 1340. The van der Waals surface area contributed by atoms with Gasteiger partial charge in [0, 0.05) is 25.2 Å². The maximum atomic E-state index is 12.7. The summed E-state index contributed by atoms with van der Waals surface area (Å²) < 4.78 is 5.34. The second kappa shape index (κ2) is 11.4. The van der Waals surface area contributed by atoms with Gasteiger partial charge in [-0.1, -0.05) is 30.3 Å². The van der Waals surface area contributed by atoms with Gasteiger partial charge in [0.2, 0.25) is 0 Å². The number of carbonyl (C=O) groups is 4. The van der Waals surface area contributed by atoms with Crippen LogP contribution in [0.4, 0.5) is 5.69 Å². The van der Waals surface area contributed by atoms with Crippen LogP contribution in [0.1, 0.15) is 44.6 Å². The molecule has 1 aromatic heterocycles. The number of fused-ring (bicyclic) bond motifs is 1. The first kappa shape index (κ1) is 25.5. The van der Waals surface area contributed by atoms with E-state index in [2.05, 4.69) is 20.6 Å². The number of carboxylic acids is 1. The Kier molecular flexibility index (Phi) is 7.84. The minimum atomic E-state index is -1.00. The lowest BCUT2D eigenvalue weighted by Gasteiger charge is -2.20. The lowest BCUT2D eigenvalue weighted by atomic mass is 10.1. The zero-order valence-electron chi connectivity index (χ0n) is 20.1. The van der Waals surface area contributed by atoms with Gasteiger partial charge in [0.25, 0.3) is 11.8 Å². The van der Waals surface area contributed by atoms with Crippen molar-refractivity contribution in [1.29, 1.82) is 0 Å². The molecule has 0 radical (unpaired) electrons. The molecule has 2 heterocycles. The number of hydrogen-bond acceptors (Lipinski definition) is 8. The molecule has 3 aromatic rings. The smallest absolute Gasteiger partial charge is 0.317 e. The quantitative estimate of drug-likeness (QED) is 0.353. The minimum Gasteiger partial charge on any atom is -0.482 e. The first-order valence-electron chi connectivity index (χ1n) is 11.5. The molecule has 11 nitrogen and oxygen atoms in total. The molecule has 0 spiro atoms. The van der Waals surface area contributed by atoms with Gasteiger partial charge in [-0.05, 0) is 36.2 Å². The summed E-state index contributed by atoms with van der Waals surface area (Å²) in [4.78, 5) is 57.1. The van der Waals surface area contributed by atoms with Crippen molar-refractivity contribution >= 4 is 29.3 Å². The van der Waals surface area contributed by atoms with Crippen LogP contribution in [-0.2, 0) is 29.2 Å². The largest absolute Gasteiger partial charge is 0.482 e. The normalized spacial score (nSPS) is 12.3. The second-order valence-electron chi connectivity index (χ2n) is 8.54. The van der Waals surface area contributed by atoms with Crippen LogP contribution in [0.3, 0.4) is 0 Å². The van der Waals surface area contributed by atoms with Crippen LogP contribution in [0.25, 0.3) is 0 Å². The van der Waals surface area contributed by atoms with Gasteiger partial charge in [-0.25, -0.2) is 9.97 Å². The lowest BCUT2D eigenvalue weighted by Crippen LogP contribution is -2.30. The molecule has 0 saturated carbocycles. The van der Waals surface area contributed by atoms with Gasteiger partial charge in [0.05, 0.1) is 17.9 Å². The third kappa shape index (κ3) is 6.95. The van der Waals surface area contributed by atoms with Gasteiger partial charge in [-0.2, -0.15) is 0 Å². The molecule has 0 unspecified atom stereocenters. The predicted octanol–water partition coefficient (Wildman–Crippen LogP) is 2.03. The Morgan fingerprint density at radius 3 is 2.54 bits per heavy atom. The zero-order chi connectivity index (χ0) is 26.4. The van der Waals surface area contributed by atoms with Crippen LogP contribution < -0.4 is 15.4 Å². The Balaban J connectivity index is 1.40. The summed E-state index contributed by atoms with van der Waals surface area (Å²) in [7, 11) is 0. The summed E-state index contributed by atoms with van der Waals surface area (Å²) in [6.07, 6.45) is 1.26. The molecule has 1 aliphatic heterocycles. The first-order valence-corrected chi connectivity index (χ1v) is 11.5. The minimum absolute atomic E-state index is 0.0326. The number of aliphatic carboxylic acids is 1. The van der Waals surface area contributed by atoms with Crippen LogP contribution in [0.15, 0.2) is 54.9 Å². The Morgan fingerprint density at radius 1 is 1.05 bits per heavy atom. The van der Waals surface area contributed by atoms with E-state index in [0.717, 1.165) is 11.1 Å². The number of nitrogens with zero attached hydrogens (tertiary/aromatic N) is 3. The number of ether oxygens (including phenoxy) is 1. The summed E-state index contributed by atoms with van der Waals surface area (Å²) >= 11 is 0. The van der Waals surface area contributed by atoms with E-state index in [0.29, 0.717) is 29.2 Å². The van der Waals surface area contributed by atoms with E-state index < -0.39 is 11.9 Å². The highest BCUT2D eigenvalue weighted by Crippen LogP contribution is 2.28.